The normalized spacial score (nSPS) is 12.9. The highest BCUT2D eigenvalue weighted by molar-refractivity contribution is 5.13. The maximum absolute atomic E-state index is 9.76. The molecule has 5 heteroatoms. The first-order valence-corrected chi connectivity index (χ1v) is 5.42. The van der Waals surface area contributed by atoms with Crippen LogP contribution < -0.4 is 0 Å². The molecule has 1 atom stereocenters. The Kier molecular flexibility index (Phi) is 4.97. The molecule has 1 aromatic carbocycles. The van der Waals surface area contributed by atoms with Crippen LogP contribution in [-0.4, -0.2) is 23.4 Å². The molecule has 0 fully saturated rings. The SMILES string of the molecule is CC(C)(O)C(COCc1ccccc1)N=[N+]=[N-]. The largest absolute Gasteiger partial charge is 0.390 e. The van der Waals surface area contributed by atoms with E-state index in [1.165, 1.54) is 0 Å². The number of benzene rings is 1. The van der Waals surface area contributed by atoms with Gasteiger partial charge in [0.2, 0.25) is 0 Å². The van der Waals surface area contributed by atoms with Crippen molar-refractivity contribution in [3.05, 3.63) is 46.3 Å². The molecule has 0 bridgehead atoms. The van der Waals surface area contributed by atoms with Crippen LogP contribution in [-0.2, 0) is 11.3 Å². The Bertz CT molecular complexity index is 380. The lowest BCUT2D eigenvalue weighted by molar-refractivity contribution is 0.00394. The molecular weight excluding hydrogens is 218 g/mol. The van der Waals surface area contributed by atoms with E-state index in [0.717, 1.165) is 5.56 Å². The topological polar surface area (TPSA) is 78.2 Å². The van der Waals surface area contributed by atoms with E-state index < -0.39 is 11.6 Å². The summed E-state index contributed by atoms with van der Waals surface area (Å²) in [5.41, 5.74) is 8.37. The minimum atomic E-state index is -1.08. The molecule has 1 unspecified atom stereocenters. The Morgan fingerprint density at radius 2 is 2.06 bits per heavy atom. The van der Waals surface area contributed by atoms with Crippen molar-refractivity contribution in [2.24, 2.45) is 5.11 Å². The highest BCUT2D eigenvalue weighted by Crippen LogP contribution is 2.14. The van der Waals surface area contributed by atoms with Crippen molar-refractivity contribution in [2.45, 2.75) is 32.1 Å². The van der Waals surface area contributed by atoms with Crippen molar-refractivity contribution in [3.63, 3.8) is 0 Å². The van der Waals surface area contributed by atoms with Crippen molar-refractivity contribution in [3.8, 4) is 0 Å². The van der Waals surface area contributed by atoms with E-state index in [9.17, 15) is 5.11 Å². The van der Waals surface area contributed by atoms with Crippen LogP contribution in [0.2, 0.25) is 0 Å². The quantitative estimate of drug-likeness (QED) is 0.467. The fraction of sp³-hybridized carbons (Fsp3) is 0.500. The molecule has 0 amide bonds. The van der Waals surface area contributed by atoms with Crippen LogP contribution in [0.15, 0.2) is 35.4 Å². The third kappa shape index (κ3) is 4.87. The van der Waals surface area contributed by atoms with Gasteiger partial charge >= 0.3 is 0 Å². The average Bonchev–Trinajstić information content (AvgIpc) is 2.28. The first kappa shape index (κ1) is 13.5. The summed E-state index contributed by atoms with van der Waals surface area (Å²) in [4.78, 5) is 2.71. The first-order chi connectivity index (χ1) is 8.04. The minimum absolute atomic E-state index is 0.197. The highest BCUT2D eigenvalue weighted by atomic mass is 16.5. The molecule has 0 aliphatic heterocycles. The van der Waals surface area contributed by atoms with E-state index >= 15 is 0 Å². The Morgan fingerprint density at radius 3 is 2.59 bits per heavy atom. The second-order valence-corrected chi connectivity index (χ2v) is 4.38. The number of aliphatic hydroxyl groups is 1. The van der Waals surface area contributed by atoms with Gasteiger partial charge in [0.1, 0.15) is 0 Å². The number of hydrogen-bond donors (Lipinski definition) is 1. The zero-order valence-corrected chi connectivity index (χ0v) is 10.1. The molecule has 0 radical (unpaired) electrons. The molecule has 92 valence electrons. The molecular formula is C12H17N3O2. The smallest absolute Gasteiger partial charge is 0.0889 e. The van der Waals surface area contributed by atoms with E-state index in [1.54, 1.807) is 13.8 Å². The summed E-state index contributed by atoms with van der Waals surface area (Å²) in [5.74, 6) is 0. The summed E-state index contributed by atoms with van der Waals surface area (Å²) < 4.78 is 5.44. The molecule has 0 heterocycles. The molecule has 0 spiro atoms. The molecule has 1 aromatic rings. The molecule has 0 saturated carbocycles. The molecule has 0 aliphatic carbocycles. The third-order valence-corrected chi connectivity index (χ3v) is 2.39. The highest BCUT2D eigenvalue weighted by Gasteiger charge is 2.25. The van der Waals surface area contributed by atoms with Gasteiger partial charge in [-0.3, -0.25) is 0 Å². The van der Waals surface area contributed by atoms with Crippen LogP contribution in [0, 0.1) is 0 Å². The zero-order chi connectivity index (χ0) is 12.7. The predicted molar refractivity (Wildman–Crippen MR) is 65.3 cm³/mol. The number of rotatable bonds is 6. The van der Waals surface area contributed by atoms with Gasteiger partial charge in [0.15, 0.2) is 0 Å². The second-order valence-electron chi connectivity index (χ2n) is 4.38. The Balaban J connectivity index is 2.46. The molecule has 17 heavy (non-hydrogen) atoms. The lowest BCUT2D eigenvalue weighted by Gasteiger charge is -2.24. The van der Waals surface area contributed by atoms with Crippen molar-refractivity contribution in [2.75, 3.05) is 6.61 Å². The fourth-order valence-electron chi connectivity index (χ4n) is 1.30. The van der Waals surface area contributed by atoms with Gasteiger partial charge in [0.05, 0.1) is 24.9 Å². The van der Waals surface area contributed by atoms with Crippen LogP contribution in [0.3, 0.4) is 0 Å². The van der Waals surface area contributed by atoms with Gasteiger partial charge in [-0.2, -0.15) is 0 Å². The van der Waals surface area contributed by atoms with Gasteiger partial charge in [0.25, 0.3) is 0 Å². The zero-order valence-electron chi connectivity index (χ0n) is 10.1. The number of azide groups is 1. The summed E-state index contributed by atoms with van der Waals surface area (Å²) in [6.45, 7) is 3.83. The van der Waals surface area contributed by atoms with Crippen LogP contribution >= 0.6 is 0 Å². The van der Waals surface area contributed by atoms with E-state index in [0.29, 0.717) is 6.61 Å². The van der Waals surface area contributed by atoms with Gasteiger partial charge in [-0.1, -0.05) is 35.4 Å². The van der Waals surface area contributed by atoms with Crippen molar-refractivity contribution in [1.82, 2.24) is 0 Å². The van der Waals surface area contributed by atoms with Crippen molar-refractivity contribution in [1.29, 1.82) is 0 Å². The van der Waals surface area contributed by atoms with Gasteiger partial charge in [0, 0.05) is 4.91 Å². The van der Waals surface area contributed by atoms with Crippen molar-refractivity contribution < 1.29 is 9.84 Å². The molecule has 1 N–H and O–H groups in total. The van der Waals surface area contributed by atoms with Crippen LogP contribution in [0.1, 0.15) is 19.4 Å². The lowest BCUT2D eigenvalue weighted by Crippen LogP contribution is -2.37. The molecule has 0 saturated heterocycles. The molecule has 0 aromatic heterocycles. The van der Waals surface area contributed by atoms with Crippen LogP contribution in [0.4, 0.5) is 0 Å². The second kappa shape index (κ2) is 6.25. The Labute approximate surface area is 101 Å². The Morgan fingerprint density at radius 1 is 1.41 bits per heavy atom. The van der Waals surface area contributed by atoms with E-state index in [-0.39, 0.29) is 6.61 Å². The monoisotopic (exact) mass is 235 g/mol. The summed E-state index contributed by atoms with van der Waals surface area (Å²) in [6, 6.07) is 9.11. The Hall–Kier alpha value is -1.55. The maximum Gasteiger partial charge on any atom is 0.0889 e. The number of ether oxygens (including phenoxy) is 1. The predicted octanol–water partition coefficient (Wildman–Crippen LogP) is 2.65. The van der Waals surface area contributed by atoms with Gasteiger partial charge in [-0.15, -0.1) is 0 Å². The molecule has 0 aliphatic rings. The lowest BCUT2D eigenvalue weighted by atomic mass is 10.0. The summed E-state index contributed by atoms with van der Waals surface area (Å²) in [7, 11) is 0. The van der Waals surface area contributed by atoms with E-state index in [1.807, 2.05) is 30.3 Å². The molecule has 5 nitrogen and oxygen atoms in total. The third-order valence-electron chi connectivity index (χ3n) is 2.39. The van der Waals surface area contributed by atoms with Gasteiger partial charge < -0.3 is 9.84 Å². The molecule has 1 rings (SSSR count). The van der Waals surface area contributed by atoms with E-state index in [2.05, 4.69) is 10.0 Å². The minimum Gasteiger partial charge on any atom is -0.390 e. The summed E-state index contributed by atoms with van der Waals surface area (Å²) in [6.07, 6.45) is 0. The van der Waals surface area contributed by atoms with Gasteiger partial charge in [-0.05, 0) is 24.9 Å². The first-order valence-electron chi connectivity index (χ1n) is 5.42. The number of hydrogen-bond acceptors (Lipinski definition) is 3. The van der Waals surface area contributed by atoms with Crippen molar-refractivity contribution >= 4 is 0 Å². The summed E-state index contributed by atoms with van der Waals surface area (Å²) in [5, 5.41) is 13.3. The van der Waals surface area contributed by atoms with E-state index in [4.69, 9.17) is 10.3 Å². The van der Waals surface area contributed by atoms with Gasteiger partial charge in [-0.25, -0.2) is 0 Å². The summed E-state index contributed by atoms with van der Waals surface area (Å²) >= 11 is 0. The van der Waals surface area contributed by atoms with Crippen LogP contribution in [0.25, 0.3) is 10.4 Å². The number of nitrogens with zero attached hydrogens (tertiary/aromatic N) is 3. The fourth-order valence-corrected chi connectivity index (χ4v) is 1.30. The standard InChI is InChI=1S/C12H17N3O2/c1-12(2,16)11(14-15-13)9-17-8-10-6-4-3-5-7-10/h3-7,11,16H,8-9H2,1-2H3. The maximum atomic E-state index is 9.76. The average molecular weight is 235 g/mol. The van der Waals surface area contributed by atoms with Crippen LogP contribution in [0.5, 0.6) is 0 Å².